The summed E-state index contributed by atoms with van der Waals surface area (Å²) in [5, 5.41) is 8.96. The van der Waals surface area contributed by atoms with Crippen LogP contribution in [0.2, 0.25) is 0 Å². The molecule has 25 heavy (non-hydrogen) atoms. The van der Waals surface area contributed by atoms with E-state index in [0.29, 0.717) is 60.9 Å². The lowest BCUT2D eigenvalue weighted by atomic mass is 9.48. The Balaban J connectivity index is 1.87. The third-order valence-electron chi connectivity index (χ3n) is 8.05. The minimum absolute atomic E-state index is 0.136. The van der Waals surface area contributed by atoms with E-state index in [-0.39, 0.29) is 11.8 Å². The Hall–Kier alpha value is -1.19. The van der Waals surface area contributed by atoms with Crippen LogP contribution < -0.4 is 0 Å². The van der Waals surface area contributed by atoms with Gasteiger partial charge in [-0.25, -0.2) is 0 Å². The van der Waals surface area contributed by atoms with Crippen molar-refractivity contribution in [1.82, 2.24) is 0 Å². The molecule has 0 aliphatic heterocycles. The number of rotatable bonds is 5. The van der Waals surface area contributed by atoms with Gasteiger partial charge in [0, 0.05) is 30.1 Å². The van der Waals surface area contributed by atoms with Gasteiger partial charge in [0.25, 0.3) is 0 Å². The van der Waals surface area contributed by atoms with Crippen molar-refractivity contribution in [1.29, 1.82) is 0 Å². The topological polar surface area (TPSA) is 71.4 Å². The highest BCUT2D eigenvalue weighted by atomic mass is 16.4. The molecule has 6 atom stereocenters. The molecule has 0 radical (unpaired) electrons. The second kappa shape index (κ2) is 6.51. The number of carboxylic acid groups (broad SMARTS) is 1. The first-order valence-electron chi connectivity index (χ1n) is 10.0. The molecule has 0 saturated heterocycles. The van der Waals surface area contributed by atoms with Crippen molar-refractivity contribution in [2.45, 2.75) is 78.6 Å². The van der Waals surface area contributed by atoms with Crippen LogP contribution in [0.4, 0.5) is 0 Å². The van der Waals surface area contributed by atoms with Gasteiger partial charge in [-0.1, -0.05) is 27.2 Å². The van der Waals surface area contributed by atoms with Crippen LogP contribution >= 0.6 is 0 Å². The summed E-state index contributed by atoms with van der Waals surface area (Å²) in [6, 6.07) is 0. The number of carbonyl (C=O) groups excluding carboxylic acids is 2. The third-order valence-corrected chi connectivity index (χ3v) is 8.05. The molecule has 3 saturated carbocycles. The van der Waals surface area contributed by atoms with E-state index in [4.69, 9.17) is 5.11 Å². The average Bonchev–Trinajstić information content (AvgIpc) is 2.82. The highest BCUT2D eigenvalue weighted by molar-refractivity contribution is 5.89. The van der Waals surface area contributed by atoms with E-state index in [2.05, 4.69) is 20.8 Å². The van der Waals surface area contributed by atoms with Crippen molar-refractivity contribution in [3.63, 3.8) is 0 Å². The standard InChI is InChI=1S/C21H32O4/c1-4-13-12-17(23)21(3)11-9-15-14(19(13)21)7-8-16(22)20(15,2)10-5-6-18(24)25/h13-15,19H,4-12H2,1-3H3,(H,24,25)/t13-,14-,15+,19+,20-,21-/m1/s1. The van der Waals surface area contributed by atoms with Crippen LogP contribution in [-0.4, -0.2) is 22.6 Å². The number of carboxylic acids is 1. The predicted molar refractivity (Wildman–Crippen MR) is 95.1 cm³/mol. The maximum Gasteiger partial charge on any atom is 0.303 e. The summed E-state index contributed by atoms with van der Waals surface area (Å²) in [5.41, 5.74) is -0.589. The molecular formula is C21H32O4. The van der Waals surface area contributed by atoms with Crippen LogP contribution in [0.5, 0.6) is 0 Å². The molecule has 0 spiro atoms. The van der Waals surface area contributed by atoms with Gasteiger partial charge in [-0.2, -0.15) is 0 Å². The number of fused-ring (bicyclic) bond motifs is 3. The first-order chi connectivity index (χ1) is 11.7. The van der Waals surface area contributed by atoms with Gasteiger partial charge in [0.05, 0.1) is 0 Å². The Morgan fingerprint density at radius 3 is 2.56 bits per heavy atom. The number of Topliss-reactive ketones (excluding diaryl/α,β-unsaturated/α-hetero) is 2. The normalized spacial score (nSPS) is 43.6. The minimum Gasteiger partial charge on any atom is -0.481 e. The van der Waals surface area contributed by atoms with Crippen molar-refractivity contribution in [2.24, 2.45) is 34.5 Å². The van der Waals surface area contributed by atoms with Crippen LogP contribution in [0.15, 0.2) is 0 Å². The molecule has 0 aromatic carbocycles. The van der Waals surface area contributed by atoms with Gasteiger partial charge < -0.3 is 5.11 Å². The Morgan fingerprint density at radius 1 is 1.20 bits per heavy atom. The van der Waals surface area contributed by atoms with Crippen molar-refractivity contribution in [2.75, 3.05) is 0 Å². The molecule has 1 N–H and O–H groups in total. The maximum atomic E-state index is 12.8. The molecule has 0 bridgehead atoms. The Bertz CT molecular complexity index is 582. The lowest BCUT2D eigenvalue weighted by Gasteiger charge is -2.55. The molecular weight excluding hydrogens is 316 g/mol. The number of hydrogen-bond acceptors (Lipinski definition) is 3. The molecule has 0 amide bonds. The number of ketones is 2. The first kappa shape index (κ1) is 18.6. The van der Waals surface area contributed by atoms with Gasteiger partial charge in [0.1, 0.15) is 11.6 Å². The molecule has 3 rings (SSSR count). The summed E-state index contributed by atoms with van der Waals surface area (Å²) in [7, 11) is 0. The third kappa shape index (κ3) is 2.86. The molecule has 3 aliphatic carbocycles. The molecule has 140 valence electrons. The molecule has 3 fully saturated rings. The number of carbonyl (C=O) groups is 3. The number of hydrogen-bond donors (Lipinski definition) is 1. The van der Waals surface area contributed by atoms with Crippen LogP contribution in [-0.2, 0) is 14.4 Å². The van der Waals surface area contributed by atoms with Crippen LogP contribution in [0.25, 0.3) is 0 Å². The lowest BCUT2D eigenvalue weighted by molar-refractivity contribution is -0.150. The van der Waals surface area contributed by atoms with Crippen LogP contribution in [0.1, 0.15) is 78.6 Å². The largest absolute Gasteiger partial charge is 0.481 e. The molecule has 4 nitrogen and oxygen atoms in total. The Labute approximate surface area is 150 Å². The van der Waals surface area contributed by atoms with Gasteiger partial charge in [-0.05, 0) is 55.8 Å². The lowest BCUT2D eigenvalue weighted by Crippen LogP contribution is -2.53. The van der Waals surface area contributed by atoms with Gasteiger partial charge >= 0.3 is 5.97 Å². The fraction of sp³-hybridized carbons (Fsp3) is 0.857. The van der Waals surface area contributed by atoms with Gasteiger partial charge in [0.15, 0.2) is 0 Å². The Kier molecular flexibility index (Phi) is 4.85. The van der Waals surface area contributed by atoms with Crippen LogP contribution in [0, 0.1) is 34.5 Å². The van der Waals surface area contributed by atoms with Crippen molar-refractivity contribution < 1.29 is 19.5 Å². The summed E-state index contributed by atoms with van der Waals surface area (Å²) < 4.78 is 0. The minimum atomic E-state index is -0.785. The molecule has 0 heterocycles. The second-order valence-electron chi connectivity index (χ2n) is 9.17. The second-order valence-corrected chi connectivity index (χ2v) is 9.17. The van der Waals surface area contributed by atoms with E-state index in [9.17, 15) is 14.4 Å². The maximum absolute atomic E-state index is 12.8. The van der Waals surface area contributed by atoms with Gasteiger partial charge in [0.2, 0.25) is 0 Å². The van der Waals surface area contributed by atoms with Crippen molar-refractivity contribution in [3.05, 3.63) is 0 Å². The zero-order valence-electron chi connectivity index (χ0n) is 15.8. The average molecular weight is 348 g/mol. The Morgan fingerprint density at radius 2 is 1.92 bits per heavy atom. The van der Waals surface area contributed by atoms with E-state index >= 15 is 0 Å². The molecule has 4 heteroatoms. The summed E-state index contributed by atoms with van der Waals surface area (Å²) in [4.78, 5) is 36.4. The van der Waals surface area contributed by atoms with Crippen molar-refractivity contribution in [3.8, 4) is 0 Å². The number of aliphatic carboxylic acids is 1. The highest BCUT2D eigenvalue weighted by Crippen LogP contribution is 2.63. The highest BCUT2D eigenvalue weighted by Gasteiger charge is 2.61. The van der Waals surface area contributed by atoms with Crippen LogP contribution in [0.3, 0.4) is 0 Å². The fourth-order valence-corrected chi connectivity index (χ4v) is 6.64. The molecule has 0 unspecified atom stereocenters. The van der Waals surface area contributed by atoms with E-state index in [1.807, 2.05) is 0 Å². The fourth-order valence-electron chi connectivity index (χ4n) is 6.64. The zero-order chi connectivity index (χ0) is 18.4. The van der Waals surface area contributed by atoms with E-state index in [1.54, 1.807) is 0 Å². The van der Waals surface area contributed by atoms with E-state index in [1.165, 1.54) is 0 Å². The molecule has 0 aromatic rings. The van der Waals surface area contributed by atoms with E-state index in [0.717, 1.165) is 25.7 Å². The summed E-state index contributed by atoms with van der Waals surface area (Å²) in [5.74, 6) is 1.61. The summed E-state index contributed by atoms with van der Waals surface area (Å²) >= 11 is 0. The van der Waals surface area contributed by atoms with Crippen molar-refractivity contribution >= 4 is 17.5 Å². The molecule has 3 aliphatic rings. The first-order valence-corrected chi connectivity index (χ1v) is 10.0. The quantitative estimate of drug-likeness (QED) is 0.806. The van der Waals surface area contributed by atoms with E-state index < -0.39 is 11.4 Å². The van der Waals surface area contributed by atoms with Gasteiger partial charge in [-0.3, -0.25) is 14.4 Å². The SMILES string of the molecule is CC[C@@H]1CC(=O)[C@@]2(C)CC[C@H]3[C@@H](CCC(=O)[C@]3(C)CCCC(=O)O)[C@H]12. The monoisotopic (exact) mass is 348 g/mol. The van der Waals surface area contributed by atoms with Gasteiger partial charge in [-0.15, -0.1) is 0 Å². The zero-order valence-corrected chi connectivity index (χ0v) is 15.8. The smallest absolute Gasteiger partial charge is 0.303 e. The molecule has 0 aromatic heterocycles. The summed E-state index contributed by atoms with van der Waals surface area (Å²) in [6.07, 6.45) is 6.49. The predicted octanol–water partition coefficient (Wildman–Crippen LogP) is 4.26. The summed E-state index contributed by atoms with van der Waals surface area (Å²) in [6.45, 7) is 6.44.